The van der Waals surface area contributed by atoms with Gasteiger partial charge < -0.3 is 10.2 Å². The van der Waals surface area contributed by atoms with Gasteiger partial charge in [-0.15, -0.1) is 12.4 Å². The second-order valence-electron chi connectivity index (χ2n) is 4.72. The van der Waals surface area contributed by atoms with Crippen LogP contribution in [-0.2, 0) is 4.79 Å². The maximum absolute atomic E-state index is 12.0. The summed E-state index contributed by atoms with van der Waals surface area (Å²) in [7, 11) is 0. The summed E-state index contributed by atoms with van der Waals surface area (Å²) in [6, 6.07) is 0. The summed E-state index contributed by atoms with van der Waals surface area (Å²) in [6.07, 6.45) is 3.50. The molecule has 0 radical (unpaired) electrons. The number of hydrogen-bond acceptors (Lipinski definition) is 2. The molecular formula is C11H21ClN2O. The lowest BCUT2D eigenvalue weighted by Gasteiger charge is -2.32. The third-order valence-corrected chi connectivity index (χ3v) is 3.38. The van der Waals surface area contributed by atoms with Gasteiger partial charge >= 0.3 is 0 Å². The predicted molar refractivity (Wildman–Crippen MR) is 63.2 cm³/mol. The minimum Gasteiger partial charge on any atom is -0.342 e. The van der Waals surface area contributed by atoms with Gasteiger partial charge in [-0.05, 0) is 31.7 Å². The molecule has 3 nitrogen and oxygen atoms in total. The number of likely N-dealkylation sites (tertiary alicyclic amines) is 1. The number of carbonyl (C=O) groups excluding carboxylic acids is 1. The van der Waals surface area contributed by atoms with Crippen molar-refractivity contribution in [2.45, 2.75) is 26.2 Å². The van der Waals surface area contributed by atoms with Gasteiger partial charge in [-0.3, -0.25) is 4.79 Å². The van der Waals surface area contributed by atoms with Crippen LogP contribution in [-0.4, -0.2) is 37.0 Å². The van der Waals surface area contributed by atoms with Crippen LogP contribution in [0.15, 0.2) is 0 Å². The monoisotopic (exact) mass is 232 g/mol. The first kappa shape index (κ1) is 12.8. The average Bonchev–Trinajstić information content (AvgIpc) is 2.69. The van der Waals surface area contributed by atoms with Gasteiger partial charge in [0.15, 0.2) is 0 Å². The van der Waals surface area contributed by atoms with Crippen molar-refractivity contribution in [1.82, 2.24) is 10.2 Å². The highest BCUT2D eigenvalue weighted by Gasteiger charge is 2.29. The lowest BCUT2D eigenvalue weighted by molar-refractivity contribution is -0.136. The van der Waals surface area contributed by atoms with Gasteiger partial charge in [0.1, 0.15) is 0 Å². The van der Waals surface area contributed by atoms with Crippen molar-refractivity contribution in [1.29, 1.82) is 0 Å². The second-order valence-corrected chi connectivity index (χ2v) is 4.72. The van der Waals surface area contributed by atoms with E-state index in [1.807, 2.05) is 0 Å². The number of nitrogens with one attached hydrogen (secondary N) is 1. The number of nitrogens with zero attached hydrogens (tertiary/aromatic N) is 1. The Hall–Kier alpha value is -0.280. The molecule has 0 aromatic rings. The third kappa shape index (κ3) is 3.08. The van der Waals surface area contributed by atoms with Crippen molar-refractivity contribution in [3.05, 3.63) is 0 Å². The summed E-state index contributed by atoms with van der Waals surface area (Å²) in [5.41, 5.74) is 0. The maximum Gasteiger partial charge on any atom is 0.227 e. The fraction of sp³-hybridized carbons (Fsp3) is 0.909. The molecule has 0 spiro atoms. The predicted octanol–water partition coefficient (Wildman–Crippen LogP) is 1.28. The summed E-state index contributed by atoms with van der Waals surface area (Å²) in [4.78, 5) is 14.1. The van der Waals surface area contributed by atoms with E-state index in [0.29, 0.717) is 11.8 Å². The summed E-state index contributed by atoms with van der Waals surface area (Å²) in [6.45, 7) is 6.12. The van der Waals surface area contributed by atoms with Crippen LogP contribution in [0, 0.1) is 11.8 Å². The van der Waals surface area contributed by atoms with E-state index in [0.717, 1.165) is 32.6 Å². The molecule has 0 bridgehead atoms. The molecule has 1 amide bonds. The Balaban J connectivity index is 0.00000112. The maximum atomic E-state index is 12.0. The lowest BCUT2D eigenvalue weighted by atomic mass is 9.98. The fourth-order valence-electron chi connectivity index (χ4n) is 2.51. The number of hydrogen-bond donors (Lipinski definition) is 1. The fourth-order valence-corrected chi connectivity index (χ4v) is 2.51. The molecule has 15 heavy (non-hydrogen) atoms. The minimum atomic E-state index is 0. The molecule has 1 N–H and O–H groups in total. The Morgan fingerprint density at radius 3 is 2.80 bits per heavy atom. The molecule has 0 aromatic heterocycles. The number of rotatable bonds is 1. The van der Waals surface area contributed by atoms with E-state index in [2.05, 4.69) is 17.1 Å². The van der Waals surface area contributed by atoms with E-state index in [4.69, 9.17) is 0 Å². The van der Waals surface area contributed by atoms with Crippen LogP contribution in [0.4, 0.5) is 0 Å². The Kier molecular flexibility index (Phi) is 4.87. The third-order valence-electron chi connectivity index (χ3n) is 3.38. The van der Waals surface area contributed by atoms with E-state index in [9.17, 15) is 4.79 Å². The summed E-state index contributed by atoms with van der Waals surface area (Å²) in [5, 5.41) is 3.26. The van der Waals surface area contributed by atoms with Crippen LogP contribution in [0.2, 0.25) is 0 Å². The zero-order valence-electron chi connectivity index (χ0n) is 9.37. The van der Waals surface area contributed by atoms with Crippen LogP contribution in [0.25, 0.3) is 0 Å². The highest BCUT2D eigenvalue weighted by Crippen LogP contribution is 2.19. The second kappa shape index (κ2) is 5.71. The molecule has 2 aliphatic heterocycles. The largest absolute Gasteiger partial charge is 0.342 e. The van der Waals surface area contributed by atoms with E-state index in [1.54, 1.807) is 0 Å². The van der Waals surface area contributed by atoms with E-state index < -0.39 is 0 Å². The highest BCUT2D eigenvalue weighted by molar-refractivity contribution is 5.85. The smallest absolute Gasteiger partial charge is 0.227 e. The molecule has 0 aromatic carbocycles. The van der Waals surface area contributed by atoms with Crippen LogP contribution >= 0.6 is 12.4 Å². The van der Waals surface area contributed by atoms with E-state index in [1.165, 1.54) is 12.8 Å². The lowest BCUT2D eigenvalue weighted by Crippen LogP contribution is -2.42. The van der Waals surface area contributed by atoms with Crippen LogP contribution in [0.5, 0.6) is 0 Å². The Morgan fingerprint density at radius 2 is 2.20 bits per heavy atom. The van der Waals surface area contributed by atoms with Crippen molar-refractivity contribution in [2.24, 2.45) is 11.8 Å². The Morgan fingerprint density at radius 1 is 1.40 bits per heavy atom. The van der Waals surface area contributed by atoms with Crippen molar-refractivity contribution < 1.29 is 4.79 Å². The Labute approximate surface area is 98.0 Å². The molecule has 2 rings (SSSR count). The number of amides is 1. The number of halogens is 1. The number of piperidine rings is 1. The molecule has 2 aliphatic rings. The van der Waals surface area contributed by atoms with E-state index in [-0.39, 0.29) is 18.3 Å². The standard InChI is InChI=1S/C11H20N2O.ClH/c1-9-3-2-6-13(8-9)11(14)10-4-5-12-7-10;/h9-10,12H,2-8H2,1H3;1H/t9-,10-;/m0./s1. The average molecular weight is 233 g/mol. The summed E-state index contributed by atoms with van der Waals surface area (Å²) in [5.74, 6) is 1.35. The van der Waals surface area contributed by atoms with Gasteiger partial charge in [0.05, 0.1) is 5.92 Å². The molecule has 0 aliphatic carbocycles. The van der Waals surface area contributed by atoms with Crippen molar-refractivity contribution >= 4 is 18.3 Å². The molecule has 2 heterocycles. The molecule has 2 atom stereocenters. The van der Waals surface area contributed by atoms with Gasteiger partial charge in [0, 0.05) is 19.6 Å². The molecule has 2 fully saturated rings. The Bertz CT molecular complexity index is 217. The summed E-state index contributed by atoms with van der Waals surface area (Å²) < 4.78 is 0. The van der Waals surface area contributed by atoms with Crippen molar-refractivity contribution in [2.75, 3.05) is 26.2 Å². The minimum absolute atomic E-state index is 0. The molecule has 0 saturated carbocycles. The molecule has 4 heteroatoms. The zero-order chi connectivity index (χ0) is 9.97. The highest BCUT2D eigenvalue weighted by atomic mass is 35.5. The first-order valence-corrected chi connectivity index (χ1v) is 5.77. The van der Waals surface area contributed by atoms with Crippen LogP contribution in [0.1, 0.15) is 26.2 Å². The molecule has 2 saturated heterocycles. The quantitative estimate of drug-likeness (QED) is 0.739. The van der Waals surface area contributed by atoms with Gasteiger partial charge in [0.25, 0.3) is 0 Å². The summed E-state index contributed by atoms with van der Waals surface area (Å²) >= 11 is 0. The van der Waals surface area contributed by atoms with Gasteiger partial charge in [0.2, 0.25) is 5.91 Å². The van der Waals surface area contributed by atoms with Crippen LogP contribution < -0.4 is 5.32 Å². The molecular weight excluding hydrogens is 212 g/mol. The molecule has 0 unspecified atom stereocenters. The van der Waals surface area contributed by atoms with Crippen molar-refractivity contribution in [3.63, 3.8) is 0 Å². The zero-order valence-corrected chi connectivity index (χ0v) is 10.2. The first-order valence-electron chi connectivity index (χ1n) is 5.77. The first-order chi connectivity index (χ1) is 6.77. The molecule has 88 valence electrons. The topological polar surface area (TPSA) is 32.3 Å². The normalized spacial score (nSPS) is 31.1. The number of carbonyl (C=O) groups is 1. The van der Waals surface area contributed by atoms with Gasteiger partial charge in [-0.25, -0.2) is 0 Å². The van der Waals surface area contributed by atoms with E-state index >= 15 is 0 Å². The SMILES string of the molecule is C[C@H]1CCCN(C(=O)[C@H]2CCNC2)C1.Cl. The van der Waals surface area contributed by atoms with Gasteiger partial charge in [-0.1, -0.05) is 6.92 Å². The van der Waals surface area contributed by atoms with Gasteiger partial charge in [-0.2, -0.15) is 0 Å². The van der Waals surface area contributed by atoms with Crippen molar-refractivity contribution in [3.8, 4) is 0 Å². The van der Waals surface area contributed by atoms with Crippen LogP contribution in [0.3, 0.4) is 0 Å².